The number of benzene rings is 8. The topological polar surface area (TPSA) is 292 Å². The van der Waals surface area contributed by atoms with Gasteiger partial charge in [0.25, 0.3) is 0 Å². The number of halogens is 5. The quantitative estimate of drug-likeness (QED) is 0.0330. The van der Waals surface area contributed by atoms with E-state index < -0.39 is 0 Å². The van der Waals surface area contributed by atoms with Gasteiger partial charge in [0.1, 0.15) is 71.0 Å². The molecule has 0 unspecified atom stereocenters. The largest absolute Gasteiger partial charge is 0.493 e. The highest BCUT2D eigenvalue weighted by atomic mass is 35.5. The Kier molecular flexibility index (Phi) is 31.1. The smallest absolute Gasteiger partial charge is 0.230 e. The van der Waals surface area contributed by atoms with Crippen LogP contribution in [0.4, 0.5) is 8.78 Å². The molecule has 0 atom stereocenters. The molecule has 12 aromatic rings. The first kappa shape index (κ1) is 95.4. The standard InChI is InChI=1S/C35H37ClFN3O5.C34H35ClFN3O5.C33H35ClN4O7/c1-23-4-7-30(37)25(14-23)16-26(41)15-24-5-6-27(17-29(24)36)45-34-28-18-32(42-2)33(19-31(28)38-22-39-34)44-13-3-10-40-11-8-35(9-12-40)20-43-21-35;1-22-4-7-29(36)24(12-22)14-25(40)13-23-5-6-26(15-28(23)35)44-33-27-16-31(41-2)32(17-30(27)37-21-38-33)43-11-3-9-39-10-8-34(18-39)19-42-20-34;1-21-12-23(37-45-21)14-24(39)13-22-5-6-25(15-27(22)34)44-32-26-16-29(41-2)30(17-28(26)35-20-36-32)43-11-3-4-31(40)38-9-7-33(8-10-38)18-42-19-33/h4-7,14,17-19,22H,3,8-13,15-16,20-21H2,1-2H3;4-7,12,15-17,21H,3,8-11,13-14,18-20H2,1-2H3;5-6,12,15-17,20H,3-4,7-11,13-14,18-19H2,1-2H3. The zero-order valence-electron chi connectivity index (χ0n) is 75.9. The maximum atomic E-state index is 14.1. The Bertz CT molecular complexity index is 6240. The maximum absolute atomic E-state index is 14.1. The van der Waals surface area contributed by atoms with Gasteiger partial charge in [-0.1, -0.05) is 93.6 Å². The van der Waals surface area contributed by atoms with Gasteiger partial charge in [0.2, 0.25) is 23.5 Å². The molecular weight excluding hydrogens is 1780 g/mol. The van der Waals surface area contributed by atoms with Crippen molar-refractivity contribution in [2.24, 2.45) is 16.2 Å². The maximum Gasteiger partial charge on any atom is 0.230 e. The van der Waals surface area contributed by atoms with Crippen molar-refractivity contribution in [2.75, 3.05) is 133 Å². The number of piperidine rings is 2. The lowest BCUT2D eigenvalue weighted by molar-refractivity contribution is -0.153. The van der Waals surface area contributed by atoms with Gasteiger partial charge in [-0.25, -0.2) is 38.7 Å². The van der Waals surface area contributed by atoms with Gasteiger partial charge in [0, 0.05) is 127 Å². The first-order chi connectivity index (χ1) is 64.9. The molecule has 27 nitrogen and oxygen atoms in total. The first-order valence-electron chi connectivity index (χ1n) is 45.1. The lowest BCUT2D eigenvalue weighted by atomic mass is 9.77. The molecule has 1 amide bonds. The number of amides is 1. The number of fused-ring (bicyclic) bond motifs is 3. The molecule has 702 valence electrons. The third kappa shape index (κ3) is 24.1. The summed E-state index contributed by atoms with van der Waals surface area (Å²) >= 11 is 19.6. The summed E-state index contributed by atoms with van der Waals surface area (Å²) < 4.78 is 103. The summed E-state index contributed by atoms with van der Waals surface area (Å²) in [5, 5.41) is 6.95. The van der Waals surface area contributed by atoms with Crippen LogP contribution < -0.4 is 42.6 Å². The Morgan fingerprint density at radius 2 is 0.776 bits per heavy atom. The highest BCUT2D eigenvalue weighted by Crippen LogP contribution is 2.45. The zero-order chi connectivity index (χ0) is 93.5. The fraction of sp³-hybridized carbons (Fsp3) is 0.402. The normalized spacial score (nSPS) is 15.8. The molecule has 32 heteroatoms. The Balaban J connectivity index is 0.000000146. The number of aryl methyl sites for hydroxylation is 3. The minimum Gasteiger partial charge on any atom is -0.493 e. The van der Waals surface area contributed by atoms with Crippen LogP contribution in [0, 0.1) is 48.7 Å². The number of aromatic nitrogens is 7. The fourth-order valence-corrected chi connectivity index (χ4v) is 18.3. The van der Waals surface area contributed by atoms with Crippen LogP contribution in [-0.4, -0.2) is 206 Å². The Hall–Kier alpha value is -11.8. The van der Waals surface area contributed by atoms with Crippen molar-refractivity contribution in [3.8, 4) is 69.4 Å². The summed E-state index contributed by atoms with van der Waals surface area (Å²) in [5.74, 6) is 5.43. The Morgan fingerprint density at radius 1 is 0.403 bits per heavy atom. The predicted molar refractivity (Wildman–Crippen MR) is 501 cm³/mol. The van der Waals surface area contributed by atoms with E-state index in [-0.39, 0.29) is 73.4 Å². The number of ketones is 3. The molecule has 0 bridgehead atoms. The molecule has 0 radical (unpaired) electrons. The average Bonchev–Trinajstić information content (AvgIpc) is 1.55. The number of carbonyl (C=O) groups excluding carboxylic acids is 4. The number of nitrogens with zero attached hydrogens (tertiary/aromatic N) is 10. The van der Waals surface area contributed by atoms with Crippen LogP contribution in [0.2, 0.25) is 15.1 Å². The third-order valence-corrected chi connectivity index (χ3v) is 26.4. The van der Waals surface area contributed by atoms with Crippen LogP contribution in [0.3, 0.4) is 0 Å². The van der Waals surface area contributed by atoms with Crippen LogP contribution in [0.5, 0.6) is 69.4 Å². The lowest BCUT2D eigenvalue weighted by Gasteiger charge is -2.47. The summed E-state index contributed by atoms with van der Waals surface area (Å²) in [7, 11) is 4.75. The SMILES string of the molecule is COc1cc2c(Oc3ccc(CC(=O)Cc4cc(C)ccc4F)c(Cl)c3)ncnc2cc1OCCCN1CCC2(CC1)COC2.COc1cc2c(Oc3ccc(CC(=O)Cc4cc(C)ccc4F)c(Cl)c3)ncnc2cc1OCCCN1CCC2(COC2)C1.COc1cc2c(Oc3ccc(CC(=O)Cc4cc(C)on4)c(Cl)c3)ncnc2cc1OCCCC(=O)N1CCC2(CC1)COC2. The molecule has 0 N–H and O–H groups in total. The molecule has 4 aromatic heterocycles. The van der Waals surface area contributed by atoms with Gasteiger partial charge in [-0.15, -0.1) is 0 Å². The molecule has 6 fully saturated rings. The van der Waals surface area contributed by atoms with E-state index in [1.165, 1.54) is 50.4 Å². The summed E-state index contributed by atoms with van der Waals surface area (Å²) in [6.07, 6.45) is 13.2. The number of rotatable bonds is 36. The highest BCUT2D eigenvalue weighted by molar-refractivity contribution is 6.32. The molecule has 18 rings (SSSR count). The number of likely N-dealkylation sites (tertiary alicyclic amines) is 3. The summed E-state index contributed by atoms with van der Waals surface area (Å²) in [4.78, 5) is 83.8. The molecule has 3 spiro atoms. The molecule has 0 saturated carbocycles. The van der Waals surface area contributed by atoms with Gasteiger partial charge in [-0.05, 0) is 186 Å². The molecule has 10 heterocycles. The monoisotopic (exact) mass is 1890 g/mol. The summed E-state index contributed by atoms with van der Waals surface area (Å²) in [6, 6.07) is 37.4. The van der Waals surface area contributed by atoms with E-state index in [9.17, 15) is 28.0 Å². The average molecular weight is 1890 g/mol. The van der Waals surface area contributed by atoms with Gasteiger partial charge in [0.15, 0.2) is 34.5 Å². The molecule has 134 heavy (non-hydrogen) atoms. The van der Waals surface area contributed by atoms with E-state index in [1.807, 2.05) is 36.9 Å². The number of hydrogen-bond donors (Lipinski definition) is 0. The van der Waals surface area contributed by atoms with Gasteiger partial charge >= 0.3 is 0 Å². The van der Waals surface area contributed by atoms with Crippen molar-refractivity contribution < 1.29 is 89.3 Å². The van der Waals surface area contributed by atoms with E-state index in [2.05, 4.69) is 44.9 Å². The van der Waals surface area contributed by atoms with Crippen LogP contribution in [-0.2, 0) is 71.9 Å². The number of methoxy groups -OCH3 is 3. The van der Waals surface area contributed by atoms with Crippen LogP contribution in [0.25, 0.3) is 32.7 Å². The van der Waals surface area contributed by atoms with Crippen LogP contribution in [0.1, 0.15) is 108 Å². The van der Waals surface area contributed by atoms with Gasteiger partial charge < -0.3 is 76.1 Å². The molecule has 8 aromatic carbocycles. The third-order valence-electron chi connectivity index (χ3n) is 25.4. The van der Waals surface area contributed by atoms with Crippen molar-refractivity contribution in [3.05, 3.63) is 230 Å². The first-order valence-corrected chi connectivity index (χ1v) is 46.2. The van der Waals surface area contributed by atoms with Gasteiger partial charge in [-0.3, -0.25) is 19.2 Å². The number of Topliss-reactive ketones (excluding diaryl/α,β-unsaturated/α-hetero) is 3. The zero-order valence-corrected chi connectivity index (χ0v) is 78.1. The lowest BCUT2D eigenvalue weighted by Crippen LogP contribution is -2.52. The molecular formula is C102H107Cl3F2N10O17. The minimum absolute atomic E-state index is 0.00222. The van der Waals surface area contributed by atoms with Crippen LogP contribution >= 0.6 is 34.8 Å². The number of ether oxygens (including phenoxy) is 12. The number of carbonyl (C=O) groups is 4. The van der Waals surface area contributed by atoms with Crippen molar-refractivity contribution in [1.29, 1.82) is 0 Å². The molecule has 6 saturated heterocycles. The van der Waals surface area contributed by atoms with Crippen molar-refractivity contribution in [3.63, 3.8) is 0 Å². The summed E-state index contributed by atoms with van der Waals surface area (Å²) in [5.41, 5.74) is 8.14. The van der Waals surface area contributed by atoms with E-state index in [0.29, 0.717) is 205 Å². The molecule has 0 aliphatic carbocycles. The van der Waals surface area contributed by atoms with E-state index in [0.717, 1.165) is 129 Å². The highest BCUT2D eigenvalue weighted by Gasteiger charge is 2.45. The van der Waals surface area contributed by atoms with Crippen LogP contribution in [0.15, 0.2) is 157 Å². The minimum atomic E-state index is -0.387. The second kappa shape index (κ2) is 43.7. The van der Waals surface area contributed by atoms with Crippen molar-refractivity contribution >= 4 is 90.8 Å². The Labute approximate surface area is 790 Å². The van der Waals surface area contributed by atoms with Gasteiger partial charge in [-0.2, -0.15) is 0 Å². The Morgan fingerprint density at radius 3 is 1.15 bits per heavy atom. The molecule has 6 aliphatic heterocycles. The second-order valence-electron chi connectivity index (χ2n) is 35.5. The van der Waals surface area contributed by atoms with Crippen molar-refractivity contribution in [2.45, 2.75) is 117 Å². The second-order valence-corrected chi connectivity index (χ2v) is 36.8. The molecule has 6 aliphatic rings. The predicted octanol–water partition coefficient (Wildman–Crippen LogP) is 18.7. The van der Waals surface area contributed by atoms with E-state index >= 15 is 0 Å². The van der Waals surface area contributed by atoms with E-state index in [4.69, 9.17) is 96.2 Å². The van der Waals surface area contributed by atoms with E-state index in [1.54, 1.807) is 131 Å². The van der Waals surface area contributed by atoms with Gasteiger partial charge in [0.05, 0.1) is 126 Å². The van der Waals surface area contributed by atoms with Crippen molar-refractivity contribution in [1.82, 2.24) is 49.8 Å². The fourth-order valence-electron chi connectivity index (χ4n) is 17.5. The summed E-state index contributed by atoms with van der Waals surface area (Å²) in [6.45, 7) is 20.3. The number of hydrogen-bond acceptors (Lipinski definition) is 26.